The second kappa shape index (κ2) is 6.92. The van der Waals surface area contributed by atoms with Crippen molar-refractivity contribution in [2.75, 3.05) is 0 Å². The van der Waals surface area contributed by atoms with Gasteiger partial charge in [0.05, 0.1) is 16.1 Å². The van der Waals surface area contributed by atoms with Gasteiger partial charge in [-0.3, -0.25) is 0 Å². The zero-order chi connectivity index (χ0) is 13.8. The Balaban J connectivity index is 2.13. The molecule has 0 radical (unpaired) electrons. The number of aliphatic hydroxyl groups is 1. The lowest BCUT2D eigenvalue weighted by molar-refractivity contribution is 0.280. The number of hydrogen-bond acceptors (Lipinski definition) is 2. The molecule has 0 bridgehead atoms. The Bertz CT molecular complexity index is 549. The summed E-state index contributed by atoms with van der Waals surface area (Å²) in [5, 5.41) is 9.58. The molecule has 0 saturated heterocycles. The summed E-state index contributed by atoms with van der Waals surface area (Å²) < 4.78 is 7.66. The fourth-order valence-corrected chi connectivity index (χ4v) is 2.97. The van der Waals surface area contributed by atoms with Gasteiger partial charge in [0.1, 0.15) is 6.61 Å². The smallest absolute Gasteiger partial charge is 0.152 e. The van der Waals surface area contributed by atoms with Gasteiger partial charge in [-0.15, -0.1) is 0 Å². The van der Waals surface area contributed by atoms with E-state index in [1.165, 1.54) is 3.57 Å². The molecule has 0 saturated carbocycles. The third kappa shape index (κ3) is 4.08. The van der Waals surface area contributed by atoms with Crippen molar-refractivity contribution in [2.24, 2.45) is 0 Å². The molecule has 0 aliphatic carbocycles. The normalized spacial score (nSPS) is 10.5. The molecule has 2 rings (SSSR count). The van der Waals surface area contributed by atoms with Crippen molar-refractivity contribution in [3.05, 3.63) is 60.6 Å². The van der Waals surface area contributed by atoms with E-state index >= 15 is 0 Å². The molecule has 1 N–H and O–H groups in total. The van der Waals surface area contributed by atoms with Gasteiger partial charge in [-0.05, 0) is 73.9 Å². The molecule has 100 valence electrons. The molecule has 0 spiro atoms. The largest absolute Gasteiger partial charge is 0.486 e. The van der Waals surface area contributed by atoms with Crippen LogP contribution in [0.5, 0.6) is 5.75 Å². The summed E-state index contributed by atoms with van der Waals surface area (Å²) in [6, 6.07) is 11.6. The Morgan fingerprint density at radius 3 is 2.42 bits per heavy atom. The van der Waals surface area contributed by atoms with Crippen molar-refractivity contribution in [3.8, 4) is 5.75 Å². The van der Waals surface area contributed by atoms with Crippen LogP contribution in [0.25, 0.3) is 0 Å². The summed E-state index contributed by atoms with van der Waals surface area (Å²) in [5.74, 6) is 0.595. The number of aliphatic hydroxyl groups excluding tert-OH is 1. The van der Waals surface area contributed by atoms with Gasteiger partial charge in [-0.2, -0.15) is 0 Å². The van der Waals surface area contributed by atoms with E-state index in [4.69, 9.17) is 21.4 Å². The van der Waals surface area contributed by atoms with Crippen molar-refractivity contribution < 1.29 is 9.84 Å². The number of benzene rings is 2. The molecule has 19 heavy (non-hydrogen) atoms. The molecule has 2 aromatic rings. The van der Waals surface area contributed by atoms with Gasteiger partial charge in [-0.1, -0.05) is 23.7 Å². The van der Waals surface area contributed by atoms with Gasteiger partial charge < -0.3 is 9.84 Å². The van der Waals surface area contributed by atoms with Crippen molar-refractivity contribution >= 4 is 50.1 Å². The highest BCUT2D eigenvalue weighted by Gasteiger charge is 2.09. The van der Waals surface area contributed by atoms with Crippen LogP contribution in [-0.2, 0) is 13.2 Å². The highest BCUT2D eigenvalue weighted by atomic mass is 127. The van der Waals surface area contributed by atoms with E-state index in [9.17, 15) is 0 Å². The van der Waals surface area contributed by atoms with E-state index in [-0.39, 0.29) is 6.61 Å². The van der Waals surface area contributed by atoms with Crippen LogP contribution in [0.2, 0.25) is 5.02 Å². The van der Waals surface area contributed by atoms with Crippen LogP contribution in [0.1, 0.15) is 11.1 Å². The Morgan fingerprint density at radius 2 is 1.84 bits per heavy atom. The summed E-state index contributed by atoms with van der Waals surface area (Å²) in [6.07, 6.45) is 0. The lowest BCUT2D eigenvalue weighted by Gasteiger charge is -2.11. The van der Waals surface area contributed by atoms with Crippen LogP contribution in [0.15, 0.2) is 40.9 Å². The van der Waals surface area contributed by atoms with Crippen LogP contribution in [0.3, 0.4) is 0 Å². The van der Waals surface area contributed by atoms with Crippen molar-refractivity contribution in [1.29, 1.82) is 0 Å². The molecule has 2 aromatic carbocycles. The summed E-state index contributed by atoms with van der Waals surface area (Å²) in [4.78, 5) is 0. The summed E-state index contributed by atoms with van der Waals surface area (Å²) in [5.41, 5.74) is 1.83. The predicted octanol–water partition coefficient (Wildman–Crippen LogP) is 4.78. The summed E-state index contributed by atoms with van der Waals surface area (Å²) >= 11 is 11.8. The summed E-state index contributed by atoms with van der Waals surface area (Å²) in [7, 11) is 0. The molecule has 5 heteroatoms. The zero-order valence-electron chi connectivity index (χ0n) is 9.87. The molecule has 0 aliphatic heterocycles. The van der Waals surface area contributed by atoms with Crippen LogP contribution in [0, 0.1) is 3.57 Å². The maximum Gasteiger partial charge on any atom is 0.152 e. The van der Waals surface area contributed by atoms with E-state index in [1.807, 2.05) is 24.3 Å². The fraction of sp³-hybridized carbons (Fsp3) is 0.143. The Morgan fingerprint density at radius 1 is 1.16 bits per heavy atom. The molecule has 0 aromatic heterocycles. The number of hydrogen-bond donors (Lipinski definition) is 1. The Labute approximate surface area is 139 Å². The monoisotopic (exact) mass is 452 g/mol. The van der Waals surface area contributed by atoms with Crippen LogP contribution in [-0.4, -0.2) is 5.11 Å². The van der Waals surface area contributed by atoms with Crippen LogP contribution < -0.4 is 4.74 Å². The lowest BCUT2D eigenvalue weighted by atomic mass is 10.2. The Hall–Kier alpha value is -0.300. The fourth-order valence-electron chi connectivity index (χ4n) is 1.58. The quantitative estimate of drug-likeness (QED) is 0.676. The van der Waals surface area contributed by atoms with Gasteiger partial charge in [0.25, 0.3) is 0 Å². The first kappa shape index (κ1) is 15.1. The maximum absolute atomic E-state index is 9.09. The Kier molecular flexibility index (Phi) is 5.50. The standard InChI is InChI=1S/C14H11BrClIO2/c15-12-5-10(7-18)6-13(16)14(12)19-8-9-1-3-11(17)4-2-9/h1-6,18H,7-8H2. The maximum atomic E-state index is 9.09. The molecule has 2 nitrogen and oxygen atoms in total. The molecule has 0 heterocycles. The van der Waals surface area contributed by atoms with Gasteiger partial charge in [0.15, 0.2) is 5.75 Å². The molecule has 0 unspecified atom stereocenters. The predicted molar refractivity (Wildman–Crippen MR) is 88.6 cm³/mol. The second-order valence-electron chi connectivity index (χ2n) is 3.96. The topological polar surface area (TPSA) is 29.5 Å². The average molecular weight is 454 g/mol. The number of ether oxygens (including phenoxy) is 1. The first-order chi connectivity index (χ1) is 9.10. The first-order valence-corrected chi connectivity index (χ1v) is 7.81. The molecule has 0 aliphatic rings. The molecule has 0 amide bonds. The zero-order valence-corrected chi connectivity index (χ0v) is 14.4. The third-order valence-electron chi connectivity index (χ3n) is 2.54. The van der Waals surface area contributed by atoms with E-state index < -0.39 is 0 Å². The molecule has 0 atom stereocenters. The third-order valence-corrected chi connectivity index (χ3v) is 4.13. The first-order valence-electron chi connectivity index (χ1n) is 5.56. The van der Waals surface area contributed by atoms with Crippen molar-refractivity contribution in [1.82, 2.24) is 0 Å². The molecular formula is C14H11BrClIO2. The van der Waals surface area contributed by atoms with E-state index in [1.54, 1.807) is 12.1 Å². The van der Waals surface area contributed by atoms with Crippen molar-refractivity contribution in [2.45, 2.75) is 13.2 Å². The van der Waals surface area contributed by atoms with Gasteiger partial charge in [0.2, 0.25) is 0 Å². The minimum Gasteiger partial charge on any atom is -0.486 e. The SMILES string of the molecule is OCc1cc(Cl)c(OCc2ccc(I)cc2)c(Br)c1. The highest BCUT2D eigenvalue weighted by molar-refractivity contribution is 14.1. The van der Waals surface area contributed by atoms with E-state index in [0.29, 0.717) is 17.4 Å². The van der Waals surface area contributed by atoms with Gasteiger partial charge in [-0.25, -0.2) is 0 Å². The van der Waals surface area contributed by atoms with E-state index in [0.717, 1.165) is 15.6 Å². The number of halogens is 3. The average Bonchev–Trinajstić information content (AvgIpc) is 2.39. The van der Waals surface area contributed by atoms with Gasteiger partial charge in [0, 0.05) is 3.57 Å². The minimum absolute atomic E-state index is 0.0459. The van der Waals surface area contributed by atoms with Gasteiger partial charge >= 0.3 is 0 Å². The molecule has 0 fully saturated rings. The second-order valence-corrected chi connectivity index (χ2v) is 6.47. The lowest BCUT2D eigenvalue weighted by Crippen LogP contribution is -1.97. The van der Waals surface area contributed by atoms with Crippen LogP contribution >= 0.6 is 50.1 Å². The molecular weight excluding hydrogens is 442 g/mol. The van der Waals surface area contributed by atoms with Crippen molar-refractivity contribution in [3.63, 3.8) is 0 Å². The van der Waals surface area contributed by atoms with Crippen LogP contribution in [0.4, 0.5) is 0 Å². The van der Waals surface area contributed by atoms with E-state index in [2.05, 4.69) is 38.5 Å². The minimum atomic E-state index is -0.0459. The highest BCUT2D eigenvalue weighted by Crippen LogP contribution is 2.35. The summed E-state index contributed by atoms with van der Waals surface area (Å²) in [6.45, 7) is 0.406. The number of rotatable bonds is 4.